The number of likely N-dealkylation sites (tertiary alicyclic amines) is 1. The van der Waals surface area contributed by atoms with Gasteiger partial charge in [0.1, 0.15) is 0 Å². The van der Waals surface area contributed by atoms with Crippen LogP contribution in [0.25, 0.3) is 0 Å². The van der Waals surface area contributed by atoms with Crippen LogP contribution in [0, 0.1) is 17.2 Å². The van der Waals surface area contributed by atoms with Gasteiger partial charge in [-0.2, -0.15) is 5.26 Å². The molecule has 0 aromatic heterocycles. The summed E-state index contributed by atoms with van der Waals surface area (Å²) in [6.45, 7) is 4.28. The van der Waals surface area contributed by atoms with E-state index in [1.54, 1.807) is 0 Å². The number of nitrogens with zero attached hydrogens (tertiary/aromatic N) is 3. The van der Waals surface area contributed by atoms with Crippen molar-refractivity contribution in [1.82, 2.24) is 9.80 Å². The van der Waals surface area contributed by atoms with Gasteiger partial charge < -0.3 is 9.80 Å². The third-order valence-electron chi connectivity index (χ3n) is 2.32. The number of rotatable bonds is 3. The molecule has 1 saturated heterocycles. The lowest BCUT2D eigenvalue weighted by atomic mass is 10.1. The summed E-state index contributed by atoms with van der Waals surface area (Å²) in [6.07, 6.45) is 1.06. The highest BCUT2D eigenvalue weighted by Gasteiger charge is 2.21. The van der Waals surface area contributed by atoms with E-state index in [2.05, 4.69) is 30.0 Å². The summed E-state index contributed by atoms with van der Waals surface area (Å²) in [6, 6.07) is 2.33. The molecule has 0 saturated carbocycles. The van der Waals surface area contributed by atoms with Crippen LogP contribution in [0.15, 0.2) is 0 Å². The quantitative estimate of drug-likeness (QED) is 0.609. The highest BCUT2D eigenvalue weighted by molar-refractivity contribution is 4.90. The lowest BCUT2D eigenvalue weighted by molar-refractivity contribution is 0.280. The smallest absolute Gasteiger partial charge is 0.0669 e. The zero-order valence-corrected chi connectivity index (χ0v) is 7.95. The molecule has 1 rings (SSSR count). The molecule has 3 heteroatoms. The van der Waals surface area contributed by atoms with Crippen LogP contribution in [-0.2, 0) is 0 Å². The second-order valence-electron chi connectivity index (χ2n) is 3.72. The van der Waals surface area contributed by atoms with Gasteiger partial charge in [0.15, 0.2) is 0 Å². The molecule has 0 amide bonds. The fraction of sp³-hybridized carbons (Fsp3) is 0.889. The van der Waals surface area contributed by atoms with E-state index >= 15 is 0 Å². The van der Waals surface area contributed by atoms with Crippen LogP contribution in [0.4, 0.5) is 0 Å². The van der Waals surface area contributed by atoms with Gasteiger partial charge in [-0.05, 0) is 27.1 Å². The Morgan fingerprint density at radius 1 is 1.58 bits per heavy atom. The number of nitriles is 1. The minimum atomic E-state index is 0.284. The average Bonchev–Trinajstić information content (AvgIpc) is 2.48. The molecular weight excluding hydrogens is 150 g/mol. The van der Waals surface area contributed by atoms with Gasteiger partial charge >= 0.3 is 0 Å². The SMILES string of the molecule is CN(C)CCN1CCC(C#N)C1. The van der Waals surface area contributed by atoms with E-state index in [9.17, 15) is 0 Å². The van der Waals surface area contributed by atoms with Gasteiger partial charge in [0.25, 0.3) is 0 Å². The predicted molar refractivity (Wildman–Crippen MR) is 48.7 cm³/mol. The topological polar surface area (TPSA) is 30.3 Å². The molecule has 1 aliphatic heterocycles. The van der Waals surface area contributed by atoms with Crippen molar-refractivity contribution in [2.75, 3.05) is 40.3 Å². The number of hydrogen-bond acceptors (Lipinski definition) is 3. The summed E-state index contributed by atoms with van der Waals surface area (Å²) in [7, 11) is 4.16. The minimum absolute atomic E-state index is 0.284. The lowest BCUT2D eigenvalue weighted by Crippen LogP contribution is -2.29. The molecule has 3 nitrogen and oxygen atoms in total. The zero-order chi connectivity index (χ0) is 8.97. The molecule has 1 aliphatic rings. The maximum absolute atomic E-state index is 8.67. The van der Waals surface area contributed by atoms with Crippen LogP contribution in [-0.4, -0.2) is 50.1 Å². The van der Waals surface area contributed by atoms with E-state index in [-0.39, 0.29) is 5.92 Å². The summed E-state index contributed by atoms with van der Waals surface area (Å²) in [5.41, 5.74) is 0. The van der Waals surface area contributed by atoms with Crippen LogP contribution in [0.5, 0.6) is 0 Å². The van der Waals surface area contributed by atoms with Gasteiger partial charge in [-0.25, -0.2) is 0 Å². The van der Waals surface area contributed by atoms with Gasteiger partial charge in [-0.1, -0.05) is 0 Å². The molecule has 1 atom stereocenters. The maximum atomic E-state index is 8.67. The van der Waals surface area contributed by atoms with Crippen molar-refractivity contribution in [2.24, 2.45) is 5.92 Å². The Morgan fingerprint density at radius 2 is 2.33 bits per heavy atom. The summed E-state index contributed by atoms with van der Waals surface area (Å²) in [5.74, 6) is 0.284. The zero-order valence-electron chi connectivity index (χ0n) is 7.95. The average molecular weight is 167 g/mol. The van der Waals surface area contributed by atoms with E-state index in [1.807, 2.05) is 0 Å². The summed E-state index contributed by atoms with van der Waals surface area (Å²) in [4.78, 5) is 4.55. The first-order valence-corrected chi connectivity index (χ1v) is 4.49. The van der Waals surface area contributed by atoms with Crippen LogP contribution in [0.1, 0.15) is 6.42 Å². The van der Waals surface area contributed by atoms with Gasteiger partial charge in [0, 0.05) is 19.6 Å². The van der Waals surface area contributed by atoms with E-state index in [0.29, 0.717) is 0 Å². The molecule has 0 aliphatic carbocycles. The molecular formula is C9H17N3. The van der Waals surface area contributed by atoms with E-state index in [1.165, 1.54) is 0 Å². The van der Waals surface area contributed by atoms with Crippen molar-refractivity contribution >= 4 is 0 Å². The first kappa shape index (κ1) is 9.50. The summed E-state index contributed by atoms with van der Waals surface area (Å²) < 4.78 is 0. The molecule has 1 unspecified atom stereocenters. The first-order valence-electron chi connectivity index (χ1n) is 4.49. The van der Waals surface area contributed by atoms with Gasteiger partial charge in [-0.3, -0.25) is 0 Å². The Morgan fingerprint density at radius 3 is 2.83 bits per heavy atom. The Labute approximate surface area is 74.6 Å². The van der Waals surface area contributed by atoms with Crippen molar-refractivity contribution < 1.29 is 0 Å². The highest BCUT2D eigenvalue weighted by Crippen LogP contribution is 2.13. The summed E-state index contributed by atoms with van der Waals surface area (Å²) >= 11 is 0. The maximum Gasteiger partial charge on any atom is 0.0669 e. The third-order valence-corrected chi connectivity index (χ3v) is 2.32. The minimum Gasteiger partial charge on any atom is -0.308 e. The molecule has 1 fully saturated rings. The van der Waals surface area contributed by atoms with Crippen LogP contribution < -0.4 is 0 Å². The standard InChI is InChI=1S/C9H17N3/c1-11(2)5-6-12-4-3-9(7-10)8-12/h9H,3-6,8H2,1-2H3. The Bertz CT molecular complexity index is 171. The fourth-order valence-corrected chi connectivity index (χ4v) is 1.48. The molecule has 12 heavy (non-hydrogen) atoms. The largest absolute Gasteiger partial charge is 0.308 e. The molecule has 0 radical (unpaired) electrons. The van der Waals surface area contributed by atoms with Crippen molar-refractivity contribution in [3.05, 3.63) is 0 Å². The Balaban J connectivity index is 2.16. The van der Waals surface area contributed by atoms with E-state index < -0.39 is 0 Å². The fourth-order valence-electron chi connectivity index (χ4n) is 1.48. The third kappa shape index (κ3) is 2.80. The van der Waals surface area contributed by atoms with Crippen LogP contribution >= 0.6 is 0 Å². The van der Waals surface area contributed by atoms with E-state index in [0.717, 1.165) is 32.6 Å². The second kappa shape index (κ2) is 4.44. The summed E-state index contributed by atoms with van der Waals surface area (Å²) in [5, 5.41) is 8.67. The molecule has 1 heterocycles. The van der Waals surface area contributed by atoms with Gasteiger partial charge in [0.05, 0.1) is 12.0 Å². The predicted octanol–water partition coefficient (Wildman–Crippen LogP) is 0.393. The Hall–Kier alpha value is -0.590. The van der Waals surface area contributed by atoms with Crippen molar-refractivity contribution in [2.45, 2.75) is 6.42 Å². The molecule has 0 spiro atoms. The first-order chi connectivity index (χ1) is 5.72. The molecule has 68 valence electrons. The van der Waals surface area contributed by atoms with Crippen LogP contribution in [0.3, 0.4) is 0 Å². The van der Waals surface area contributed by atoms with E-state index in [4.69, 9.17) is 5.26 Å². The number of hydrogen-bond donors (Lipinski definition) is 0. The van der Waals surface area contributed by atoms with Crippen molar-refractivity contribution in [3.8, 4) is 6.07 Å². The Kier molecular flexibility index (Phi) is 3.51. The monoisotopic (exact) mass is 167 g/mol. The highest BCUT2D eigenvalue weighted by atomic mass is 15.2. The van der Waals surface area contributed by atoms with Gasteiger partial charge in [-0.15, -0.1) is 0 Å². The van der Waals surface area contributed by atoms with Crippen LogP contribution in [0.2, 0.25) is 0 Å². The second-order valence-corrected chi connectivity index (χ2v) is 3.72. The molecule has 0 aromatic rings. The van der Waals surface area contributed by atoms with Crippen molar-refractivity contribution in [1.29, 1.82) is 5.26 Å². The molecule has 0 aromatic carbocycles. The van der Waals surface area contributed by atoms with Gasteiger partial charge in [0.2, 0.25) is 0 Å². The number of likely N-dealkylation sites (N-methyl/N-ethyl adjacent to an activating group) is 1. The van der Waals surface area contributed by atoms with Crippen molar-refractivity contribution in [3.63, 3.8) is 0 Å². The molecule has 0 N–H and O–H groups in total. The lowest BCUT2D eigenvalue weighted by Gasteiger charge is -2.17. The molecule has 0 bridgehead atoms. The normalized spacial score (nSPS) is 24.7.